The number of aliphatic hydroxyl groups is 1. The number of benzene rings is 1. The van der Waals surface area contributed by atoms with Gasteiger partial charge in [-0.1, -0.05) is 18.2 Å². The number of ether oxygens (including phenoxy) is 1. The maximum Gasteiger partial charge on any atom is 0.258 e. The lowest BCUT2D eigenvalue weighted by atomic mass is 9.72. The summed E-state index contributed by atoms with van der Waals surface area (Å²) in [4.78, 5) is 32.9. The Bertz CT molecular complexity index is 857. The van der Waals surface area contributed by atoms with Crippen LogP contribution in [-0.4, -0.2) is 65.8 Å². The number of para-hydroxylation sites is 1. The van der Waals surface area contributed by atoms with Crippen LogP contribution in [0, 0.1) is 0 Å². The number of hydrogen-bond acceptors (Lipinski definition) is 5. The number of likely N-dealkylation sites (tertiary alicyclic amines) is 1. The van der Waals surface area contributed by atoms with Crippen LogP contribution in [0.15, 0.2) is 48.8 Å². The Balaban J connectivity index is 1.72. The van der Waals surface area contributed by atoms with E-state index in [1.807, 2.05) is 24.3 Å². The van der Waals surface area contributed by atoms with E-state index >= 15 is 0 Å². The predicted octanol–water partition coefficient (Wildman–Crippen LogP) is 1.04. The summed E-state index contributed by atoms with van der Waals surface area (Å²) >= 11 is 0. The van der Waals surface area contributed by atoms with Gasteiger partial charge in [-0.3, -0.25) is 14.6 Å². The molecule has 3 atom stereocenters. The molecule has 140 valence electrons. The van der Waals surface area contributed by atoms with Gasteiger partial charge < -0.3 is 19.6 Å². The highest BCUT2D eigenvalue weighted by molar-refractivity contribution is 6.07. The normalized spacial score (nSPS) is 23.3. The molecule has 1 aromatic carbocycles. The maximum absolute atomic E-state index is 13.1. The lowest BCUT2D eigenvalue weighted by Crippen LogP contribution is -2.71. The number of nitrogens with zero attached hydrogens (tertiary/aromatic N) is 3. The largest absolute Gasteiger partial charge is 0.394 e. The maximum atomic E-state index is 13.1. The number of carbonyl (C=O) groups is 2. The number of pyridine rings is 1. The van der Waals surface area contributed by atoms with E-state index in [2.05, 4.69) is 4.98 Å². The van der Waals surface area contributed by atoms with Gasteiger partial charge in [-0.2, -0.15) is 0 Å². The Kier molecular flexibility index (Phi) is 4.63. The van der Waals surface area contributed by atoms with Crippen LogP contribution in [0.25, 0.3) is 0 Å². The van der Waals surface area contributed by atoms with Crippen LogP contribution in [0.2, 0.25) is 0 Å². The van der Waals surface area contributed by atoms with Gasteiger partial charge in [0.15, 0.2) is 0 Å². The first kappa shape index (κ1) is 17.6. The summed E-state index contributed by atoms with van der Waals surface area (Å²) < 4.78 is 4.99. The van der Waals surface area contributed by atoms with E-state index in [-0.39, 0.29) is 43.0 Å². The molecule has 4 rings (SSSR count). The fraction of sp³-hybridized carbons (Fsp3) is 0.350. The highest BCUT2D eigenvalue weighted by atomic mass is 16.5. The van der Waals surface area contributed by atoms with Gasteiger partial charge in [0.25, 0.3) is 5.91 Å². The van der Waals surface area contributed by atoms with Gasteiger partial charge in [0, 0.05) is 43.2 Å². The zero-order valence-corrected chi connectivity index (χ0v) is 15.0. The van der Waals surface area contributed by atoms with Crippen molar-refractivity contribution in [2.45, 2.75) is 18.0 Å². The summed E-state index contributed by atoms with van der Waals surface area (Å²) in [6.45, 7) is 0.220. The first-order chi connectivity index (χ1) is 13.2. The number of carbonyl (C=O) groups excluding carboxylic acids is 2. The molecule has 0 saturated carbocycles. The number of hydrogen-bond donors (Lipinski definition) is 1. The third-order valence-electron chi connectivity index (χ3n) is 5.42. The Labute approximate surface area is 157 Å². The number of aliphatic hydroxyl groups excluding tert-OH is 1. The lowest BCUT2D eigenvalue weighted by molar-refractivity contribution is -0.154. The molecule has 0 aliphatic carbocycles. The highest BCUT2D eigenvalue weighted by Gasteiger charge is 2.55. The van der Waals surface area contributed by atoms with Gasteiger partial charge in [0.2, 0.25) is 5.91 Å². The molecule has 0 spiro atoms. The molecule has 0 bridgehead atoms. The highest BCUT2D eigenvalue weighted by Crippen LogP contribution is 2.48. The van der Waals surface area contributed by atoms with Gasteiger partial charge in [0.1, 0.15) is 6.61 Å². The molecule has 3 heterocycles. The Morgan fingerprint density at radius 1 is 1.22 bits per heavy atom. The van der Waals surface area contributed by atoms with Gasteiger partial charge >= 0.3 is 0 Å². The van der Waals surface area contributed by atoms with Crippen LogP contribution >= 0.6 is 0 Å². The number of methoxy groups -OCH3 is 1. The minimum absolute atomic E-state index is 0.00787. The minimum Gasteiger partial charge on any atom is -0.394 e. The van der Waals surface area contributed by atoms with Gasteiger partial charge in [-0.25, -0.2) is 0 Å². The van der Waals surface area contributed by atoms with Crippen LogP contribution in [-0.2, 0) is 9.53 Å². The zero-order valence-electron chi connectivity index (χ0n) is 15.0. The van der Waals surface area contributed by atoms with E-state index in [0.717, 1.165) is 11.3 Å². The van der Waals surface area contributed by atoms with E-state index in [1.165, 1.54) is 7.11 Å². The van der Waals surface area contributed by atoms with E-state index in [9.17, 15) is 14.7 Å². The van der Waals surface area contributed by atoms with Crippen LogP contribution in [0.4, 0.5) is 5.69 Å². The number of anilines is 1. The quantitative estimate of drug-likeness (QED) is 0.873. The first-order valence-electron chi connectivity index (χ1n) is 8.89. The predicted molar refractivity (Wildman–Crippen MR) is 98.5 cm³/mol. The lowest BCUT2D eigenvalue weighted by Gasteiger charge is -2.58. The van der Waals surface area contributed by atoms with E-state index in [1.54, 1.807) is 34.3 Å². The fourth-order valence-electron chi connectivity index (χ4n) is 4.28. The average molecular weight is 367 g/mol. The van der Waals surface area contributed by atoms with E-state index < -0.39 is 0 Å². The van der Waals surface area contributed by atoms with Crippen molar-refractivity contribution in [2.24, 2.45) is 0 Å². The SMILES string of the molecule is COCC(=O)N1[C@H](CO)[C@H]2c3ccccc3N(C(=O)c3ccncc3)C[C@H]21. The molecule has 0 unspecified atom stereocenters. The molecule has 1 N–H and O–H groups in total. The van der Waals surface area contributed by atoms with Crippen molar-refractivity contribution >= 4 is 17.5 Å². The second kappa shape index (κ2) is 7.09. The first-order valence-corrected chi connectivity index (χ1v) is 8.89. The van der Waals surface area contributed by atoms with Gasteiger partial charge in [-0.05, 0) is 23.8 Å². The summed E-state index contributed by atoms with van der Waals surface area (Å²) in [5.74, 6) is -0.295. The summed E-state index contributed by atoms with van der Waals surface area (Å²) in [7, 11) is 1.47. The Morgan fingerprint density at radius 3 is 2.67 bits per heavy atom. The van der Waals surface area contributed by atoms with Crippen molar-refractivity contribution in [1.29, 1.82) is 0 Å². The molecule has 2 aliphatic heterocycles. The Hall–Kier alpha value is -2.77. The molecule has 0 radical (unpaired) electrons. The third kappa shape index (κ3) is 2.79. The minimum atomic E-state index is -0.294. The topological polar surface area (TPSA) is 83.0 Å². The van der Waals surface area contributed by atoms with Crippen molar-refractivity contribution in [3.05, 3.63) is 59.9 Å². The third-order valence-corrected chi connectivity index (χ3v) is 5.42. The number of aromatic nitrogens is 1. The standard InChI is InChI=1S/C20H21N3O4/c1-27-12-18(25)23-16-10-22(20(26)13-6-8-21-9-7-13)15-5-3-2-4-14(15)19(16)17(23)11-24/h2-9,16-17,19,24H,10-12H2,1H3/t16-,17-,19+/m1/s1. The smallest absolute Gasteiger partial charge is 0.258 e. The monoisotopic (exact) mass is 367 g/mol. The molecule has 27 heavy (non-hydrogen) atoms. The molecule has 7 heteroatoms. The zero-order chi connectivity index (χ0) is 19.0. The summed E-state index contributed by atoms with van der Waals surface area (Å²) in [5.41, 5.74) is 2.36. The second-order valence-corrected chi connectivity index (χ2v) is 6.79. The van der Waals surface area contributed by atoms with Gasteiger partial charge in [0.05, 0.1) is 18.7 Å². The van der Waals surface area contributed by atoms with Crippen LogP contribution in [0.1, 0.15) is 21.8 Å². The molecular weight excluding hydrogens is 346 g/mol. The Morgan fingerprint density at radius 2 is 1.96 bits per heavy atom. The van der Waals surface area contributed by atoms with Crippen molar-refractivity contribution in [3.63, 3.8) is 0 Å². The van der Waals surface area contributed by atoms with E-state index in [0.29, 0.717) is 12.1 Å². The molecular formula is C20H21N3O4. The summed E-state index contributed by atoms with van der Waals surface area (Å²) in [6.07, 6.45) is 3.18. The van der Waals surface area contributed by atoms with Gasteiger partial charge in [-0.15, -0.1) is 0 Å². The van der Waals surface area contributed by atoms with E-state index in [4.69, 9.17) is 4.74 Å². The number of fused-ring (bicyclic) bond motifs is 3. The molecule has 1 fully saturated rings. The van der Waals surface area contributed by atoms with Crippen LogP contribution < -0.4 is 4.90 Å². The molecule has 1 aromatic heterocycles. The molecule has 2 aromatic rings. The van der Waals surface area contributed by atoms with Crippen molar-refractivity contribution < 1.29 is 19.4 Å². The van der Waals surface area contributed by atoms with Crippen molar-refractivity contribution in [2.75, 3.05) is 31.8 Å². The fourth-order valence-corrected chi connectivity index (χ4v) is 4.28. The van der Waals surface area contributed by atoms with Crippen LogP contribution in [0.3, 0.4) is 0 Å². The van der Waals surface area contributed by atoms with Crippen molar-refractivity contribution in [3.8, 4) is 0 Å². The average Bonchev–Trinajstić information content (AvgIpc) is 2.68. The second-order valence-electron chi connectivity index (χ2n) is 6.79. The molecule has 2 amide bonds. The number of rotatable bonds is 4. The molecule has 7 nitrogen and oxygen atoms in total. The van der Waals surface area contributed by atoms with Crippen molar-refractivity contribution in [1.82, 2.24) is 9.88 Å². The van der Waals surface area contributed by atoms with Crippen LogP contribution in [0.5, 0.6) is 0 Å². The summed E-state index contributed by atoms with van der Waals surface area (Å²) in [6, 6.07) is 10.6. The number of amides is 2. The summed E-state index contributed by atoms with van der Waals surface area (Å²) in [5, 5.41) is 9.87. The molecule has 1 saturated heterocycles. The molecule has 2 aliphatic rings.